The van der Waals surface area contributed by atoms with Gasteiger partial charge in [0.05, 0.1) is 29.8 Å². The van der Waals surface area contributed by atoms with Crippen LogP contribution in [0.25, 0.3) is 10.4 Å². The Hall–Kier alpha value is -2.35. The number of likely N-dealkylation sites (tertiary alicyclic amines) is 1. The Labute approximate surface area is 173 Å². The van der Waals surface area contributed by atoms with Crippen LogP contribution in [0.15, 0.2) is 23.3 Å². The lowest BCUT2D eigenvalue weighted by Crippen LogP contribution is -2.44. The number of aryl methyl sites for hydroxylation is 1. The van der Waals surface area contributed by atoms with Gasteiger partial charge in [-0.05, 0) is 44.4 Å². The predicted molar refractivity (Wildman–Crippen MR) is 105 cm³/mol. The van der Waals surface area contributed by atoms with Crippen molar-refractivity contribution in [2.45, 2.75) is 57.3 Å². The van der Waals surface area contributed by atoms with Crippen molar-refractivity contribution in [3.8, 4) is 0 Å². The molecule has 0 unspecified atom stereocenters. The second kappa shape index (κ2) is 8.98. The third-order valence-electron chi connectivity index (χ3n) is 4.51. The summed E-state index contributed by atoms with van der Waals surface area (Å²) >= 11 is 5.77. The third kappa shape index (κ3) is 6.06. The van der Waals surface area contributed by atoms with Gasteiger partial charge in [-0.1, -0.05) is 28.8 Å². The SMILES string of the molecule is CC(C)(C)OC(=O)N1C[C@](O)(CN=[N+]=[N-])C[C@H]1C(=O)CCc1cccc(Cl)c1F. The zero-order valence-corrected chi connectivity index (χ0v) is 17.3. The smallest absolute Gasteiger partial charge is 0.411 e. The highest BCUT2D eigenvalue weighted by molar-refractivity contribution is 6.30. The van der Waals surface area contributed by atoms with E-state index in [2.05, 4.69) is 10.0 Å². The maximum Gasteiger partial charge on any atom is 0.411 e. The standard InChI is InChI=1S/C19H24ClFN4O4/c1-18(2,3)29-17(27)25-11-19(28,10-23-24-22)9-14(25)15(26)8-7-12-5-4-6-13(20)16(12)21/h4-6,14,28H,7-11H2,1-3H3/t14-,19+/m0/s1. The number of aliphatic hydroxyl groups is 1. The fourth-order valence-electron chi connectivity index (χ4n) is 3.21. The third-order valence-corrected chi connectivity index (χ3v) is 4.81. The molecule has 1 aromatic carbocycles. The van der Waals surface area contributed by atoms with Gasteiger partial charge in [0.25, 0.3) is 0 Å². The Kier molecular flexibility index (Phi) is 7.11. The number of Topliss-reactive ketones (excluding diaryl/α,β-unsaturated/α-hetero) is 1. The number of rotatable bonds is 6. The lowest BCUT2D eigenvalue weighted by molar-refractivity contribution is -0.123. The number of carbonyl (C=O) groups is 2. The number of benzene rings is 1. The lowest BCUT2D eigenvalue weighted by atomic mass is 9.96. The number of ether oxygens (including phenoxy) is 1. The van der Waals surface area contributed by atoms with Gasteiger partial charge in [0.1, 0.15) is 11.4 Å². The number of ketones is 1. The fraction of sp³-hybridized carbons (Fsp3) is 0.579. The van der Waals surface area contributed by atoms with E-state index >= 15 is 0 Å². The number of carbonyl (C=O) groups excluding carboxylic acids is 2. The second-order valence-corrected chi connectivity index (χ2v) is 8.53. The van der Waals surface area contributed by atoms with Gasteiger partial charge in [0.2, 0.25) is 0 Å². The van der Waals surface area contributed by atoms with E-state index in [0.717, 1.165) is 4.90 Å². The van der Waals surface area contributed by atoms with Crippen LogP contribution in [0.5, 0.6) is 0 Å². The number of hydrogen-bond donors (Lipinski definition) is 1. The van der Waals surface area contributed by atoms with E-state index in [1.807, 2.05) is 0 Å². The van der Waals surface area contributed by atoms with Gasteiger partial charge in [-0.2, -0.15) is 0 Å². The minimum Gasteiger partial charge on any atom is -0.444 e. The zero-order chi connectivity index (χ0) is 21.8. The zero-order valence-electron chi connectivity index (χ0n) is 16.6. The van der Waals surface area contributed by atoms with Crippen molar-refractivity contribution in [2.24, 2.45) is 5.11 Å². The Morgan fingerprint density at radius 1 is 1.48 bits per heavy atom. The summed E-state index contributed by atoms with van der Waals surface area (Å²) in [6.45, 7) is 4.57. The van der Waals surface area contributed by atoms with E-state index in [1.165, 1.54) is 12.1 Å². The molecule has 0 radical (unpaired) electrons. The minimum atomic E-state index is -1.54. The maximum absolute atomic E-state index is 14.1. The number of nitrogens with zero attached hydrogens (tertiary/aromatic N) is 4. The highest BCUT2D eigenvalue weighted by atomic mass is 35.5. The highest BCUT2D eigenvalue weighted by Gasteiger charge is 2.48. The van der Waals surface area contributed by atoms with Crippen LogP contribution in [0.3, 0.4) is 0 Å². The molecule has 1 saturated heterocycles. The summed E-state index contributed by atoms with van der Waals surface area (Å²) in [7, 11) is 0. The van der Waals surface area contributed by atoms with Crippen molar-refractivity contribution in [1.29, 1.82) is 0 Å². The Balaban J connectivity index is 2.18. The summed E-state index contributed by atoms with van der Waals surface area (Å²) in [5.41, 5.74) is 6.49. The second-order valence-electron chi connectivity index (χ2n) is 8.12. The molecule has 2 atom stereocenters. The first-order chi connectivity index (χ1) is 13.5. The molecule has 158 valence electrons. The Morgan fingerprint density at radius 2 is 2.17 bits per heavy atom. The number of halogens is 2. The van der Waals surface area contributed by atoms with Gasteiger partial charge < -0.3 is 9.84 Å². The van der Waals surface area contributed by atoms with E-state index < -0.39 is 29.2 Å². The van der Waals surface area contributed by atoms with E-state index in [1.54, 1.807) is 26.8 Å². The van der Waals surface area contributed by atoms with Crippen LogP contribution in [0.4, 0.5) is 9.18 Å². The molecule has 1 heterocycles. The van der Waals surface area contributed by atoms with E-state index in [0.29, 0.717) is 0 Å². The molecule has 2 rings (SSSR count). The summed E-state index contributed by atoms with van der Waals surface area (Å²) in [5.74, 6) is -0.940. The van der Waals surface area contributed by atoms with Crippen LogP contribution in [0.1, 0.15) is 39.2 Å². The van der Waals surface area contributed by atoms with E-state index in [4.69, 9.17) is 21.9 Å². The molecule has 0 aromatic heterocycles. The van der Waals surface area contributed by atoms with Crippen LogP contribution in [-0.2, 0) is 16.0 Å². The minimum absolute atomic E-state index is 0.0325. The molecule has 1 aliphatic heterocycles. The molecule has 1 N–H and O–H groups in total. The molecular weight excluding hydrogens is 403 g/mol. The normalized spacial score (nSPS) is 21.6. The number of azide groups is 1. The largest absolute Gasteiger partial charge is 0.444 e. The molecule has 1 aliphatic rings. The van der Waals surface area contributed by atoms with Crippen molar-refractivity contribution in [3.05, 3.63) is 45.0 Å². The van der Waals surface area contributed by atoms with Crippen molar-refractivity contribution in [1.82, 2.24) is 4.90 Å². The molecule has 8 nitrogen and oxygen atoms in total. The van der Waals surface area contributed by atoms with Crippen molar-refractivity contribution in [2.75, 3.05) is 13.1 Å². The highest BCUT2D eigenvalue weighted by Crippen LogP contribution is 2.31. The Bertz CT molecular complexity index is 838. The molecule has 29 heavy (non-hydrogen) atoms. The average molecular weight is 427 g/mol. The van der Waals surface area contributed by atoms with Crippen LogP contribution in [-0.4, -0.2) is 52.2 Å². The topological polar surface area (TPSA) is 116 Å². The number of amides is 1. The van der Waals surface area contributed by atoms with E-state index in [9.17, 15) is 19.1 Å². The van der Waals surface area contributed by atoms with Gasteiger partial charge in [0, 0.05) is 17.8 Å². The maximum atomic E-state index is 14.1. The van der Waals surface area contributed by atoms with Gasteiger partial charge in [0.15, 0.2) is 5.78 Å². The molecular formula is C19H24ClFN4O4. The average Bonchev–Trinajstić information content (AvgIpc) is 2.98. The molecule has 1 fully saturated rings. The van der Waals surface area contributed by atoms with Gasteiger partial charge >= 0.3 is 6.09 Å². The van der Waals surface area contributed by atoms with Crippen molar-refractivity contribution >= 4 is 23.5 Å². The van der Waals surface area contributed by atoms with Gasteiger partial charge in [-0.15, -0.1) is 0 Å². The summed E-state index contributed by atoms with van der Waals surface area (Å²) < 4.78 is 19.4. The quantitative estimate of drug-likeness (QED) is 0.420. The van der Waals surface area contributed by atoms with E-state index in [-0.39, 0.29) is 48.7 Å². The first kappa shape index (κ1) is 22.9. The first-order valence-electron chi connectivity index (χ1n) is 9.14. The summed E-state index contributed by atoms with van der Waals surface area (Å²) in [5, 5.41) is 14.0. The molecule has 0 saturated carbocycles. The van der Waals surface area contributed by atoms with Gasteiger partial charge in [-0.25, -0.2) is 9.18 Å². The van der Waals surface area contributed by atoms with Crippen LogP contribution in [0.2, 0.25) is 5.02 Å². The predicted octanol–water partition coefficient (Wildman–Crippen LogP) is 4.03. The Morgan fingerprint density at radius 3 is 2.79 bits per heavy atom. The van der Waals surface area contributed by atoms with Crippen LogP contribution >= 0.6 is 11.6 Å². The summed E-state index contributed by atoms with van der Waals surface area (Å²) in [6, 6.07) is 3.57. The van der Waals surface area contributed by atoms with Crippen molar-refractivity contribution in [3.63, 3.8) is 0 Å². The lowest BCUT2D eigenvalue weighted by Gasteiger charge is -2.28. The molecule has 0 aliphatic carbocycles. The van der Waals surface area contributed by atoms with Gasteiger partial charge in [-0.3, -0.25) is 9.69 Å². The summed E-state index contributed by atoms with van der Waals surface area (Å²) in [6.07, 6.45) is -0.804. The van der Waals surface area contributed by atoms with Crippen molar-refractivity contribution < 1.29 is 23.8 Å². The number of hydrogen-bond acceptors (Lipinski definition) is 5. The molecule has 0 spiro atoms. The molecule has 0 bridgehead atoms. The number of β-amino-alcohol motifs (C(OH)–C–C–N with tert-alkyl or cyclic N) is 1. The molecule has 10 heteroatoms. The molecule has 1 amide bonds. The monoisotopic (exact) mass is 426 g/mol. The fourth-order valence-corrected chi connectivity index (χ4v) is 3.40. The summed E-state index contributed by atoms with van der Waals surface area (Å²) in [4.78, 5) is 29.2. The molecule has 1 aromatic rings. The van der Waals surface area contributed by atoms with Crippen LogP contribution in [0, 0.1) is 5.82 Å². The van der Waals surface area contributed by atoms with Crippen LogP contribution < -0.4 is 0 Å². The first-order valence-corrected chi connectivity index (χ1v) is 9.52.